The lowest BCUT2D eigenvalue weighted by atomic mass is 9.94. The smallest absolute Gasteiger partial charge is 0.459 e. The number of nitrogens with one attached hydrogen (secondary N) is 2. The van der Waals surface area contributed by atoms with Crippen molar-refractivity contribution in [1.29, 1.82) is 0 Å². The third kappa shape index (κ3) is 6.65. The second-order valence-electron chi connectivity index (χ2n) is 9.68. The fourth-order valence-electron chi connectivity index (χ4n) is 4.25. The summed E-state index contributed by atoms with van der Waals surface area (Å²) in [4.78, 5) is 31.2. The van der Waals surface area contributed by atoms with Gasteiger partial charge in [-0.3, -0.25) is 19.1 Å². The maximum Gasteiger partial charge on any atom is 0.459 e. The zero-order valence-corrected chi connectivity index (χ0v) is 23.8. The van der Waals surface area contributed by atoms with Gasteiger partial charge in [0, 0.05) is 6.20 Å². The van der Waals surface area contributed by atoms with E-state index < -0.39 is 68.7 Å². The second kappa shape index (κ2) is 12.6. The van der Waals surface area contributed by atoms with Crippen LogP contribution in [0.2, 0.25) is 0 Å². The maximum atomic E-state index is 13.8. The lowest BCUT2D eigenvalue weighted by Crippen LogP contribution is -2.46. The molecule has 3 aromatic rings. The van der Waals surface area contributed by atoms with Crippen LogP contribution in [0.3, 0.4) is 0 Å². The van der Waals surface area contributed by atoms with Gasteiger partial charge in [0.25, 0.3) is 5.56 Å². The molecule has 0 amide bonds. The van der Waals surface area contributed by atoms with Gasteiger partial charge in [0.15, 0.2) is 17.5 Å². The zero-order valence-electron chi connectivity index (χ0n) is 22.9. The van der Waals surface area contributed by atoms with Gasteiger partial charge in [-0.15, -0.1) is 0 Å². The highest BCUT2D eigenvalue weighted by Crippen LogP contribution is 2.47. The number of aliphatic hydroxyl groups excluding tert-OH is 1. The van der Waals surface area contributed by atoms with E-state index in [9.17, 15) is 28.8 Å². The molecule has 3 heterocycles. The van der Waals surface area contributed by atoms with Crippen LogP contribution in [0.15, 0.2) is 47.4 Å². The van der Waals surface area contributed by atoms with Crippen molar-refractivity contribution in [3.63, 3.8) is 0 Å². The Kier molecular flexibility index (Phi) is 9.37. The molecule has 0 radical (unpaired) electrons. The number of nitrogen functional groups attached to an aromatic ring is 1. The Bertz CT molecular complexity index is 1590. The standard InChI is InChI=1S/C26H31FN5O9P/c1-15(2)39-23(35)16(3)31-42(37,41-17-8-5-4-6-9-17)38-14-19-20(33)26(36,11-7-12-27)24(40-19)32-13-10-18-21(32)29-25(28)30-22(18)34/h4-6,8-10,13,15-16,19-20,24,33,36H,12,14H2,1-3H3,(H,31,37)(H3,28,29,30,34)/t16?,19?,20?,24?,26-,42?/m1/s1. The number of aliphatic hydroxyl groups is 2. The number of carbonyl (C=O) groups excluding carboxylic acids is 1. The summed E-state index contributed by atoms with van der Waals surface area (Å²) in [6.07, 6.45) is -3.88. The van der Waals surface area contributed by atoms with Crippen molar-refractivity contribution in [3.05, 3.63) is 52.9 Å². The first-order chi connectivity index (χ1) is 19.9. The van der Waals surface area contributed by atoms with Gasteiger partial charge in [-0.05, 0) is 39.0 Å². The molecule has 1 aliphatic rings. The summed E-state index contributed by atoms with van der Waals surface area (Å²) in [6.45, 7) is 2.90. The number of aromatic amines is 1. The fraction of sp³-hybridized carbons (Fsp3) is 0.423. The molecule has 4 rings (SSSR count). The van der Waals surface area contributed by atoms with Crippen LogP contribution < -0.4 is 20.9 Å². The van der Waals surface area contributed by atoms with Gasteiger partial charge in [-0.1, -0.05) is 30.0 Å². The first-order valence-corrected chi connectivity index (χ1v) is 14.4. The number of esters is 1. The summed E-state index contributed by atoms with van der Waals surface area (Å²) in [5.41, 5.74) is 2.68. The van der Waals surface area contributed by atoms with E-state index in [4.69, 9.17) is 24.3 Å². The first-order valence-electron chi connectivity index (χ1n) is 12.8. The summed E-state index contributed by atoms with van der Waals surface area (Å²) in [7, 11) is -4.37. The molecule has 2 aromatic heterocycles. The number of rotatable bonds is 10. The van der Waals surface area contributed by atoms with Gasteiger partial charge in [0.1, 0.15) is 30.7 Å². The van der Waals surface area contributed by atoms with Crippen molar-refractivity contribution in [2.24, 2.45) is 0 Å². The number of fused-ring (bicyclic) bond motifs is 1. The number of ether oxygens (including phenoxy) is 2. The van der Waals surface area contributed by atoms with Crippen molar-refractivity contribution < 1.29 is 42.5 Å². The largest absolute Gasteiger partial charge is 0.462 e. The Morgan fingerprint density at radius 3 is 2.71 bits per heavy atom. The van der Waals surface area contributed by atoms with E-state index in [1.54, 1.807) is 32.0 Å². The Hall–Kier alpha value is -3.77. The Labute approximate surface area is 239 Å². The fourth-order valence-corrected chi connectivity index (χ4v) is 5.75. The summed E-state index contributed by atoms with van der Waals surface area (Å²) >= 11 is 0. The van der Waals surface area contributed by atoms with E-state index in [2.05, 4.69) is 26.9 Å². The molecule has 226 valence electrons. The van der Waals surface area contributed by atoms with E-state index >= 15 is 0 Å². The van der Waals surface area contributed by atoms with Crippen molar-refractivity contribution >= 4 is 30.7 Å². The highest BCUT2D eigenvalue weighted by Gasteiger charge is 2.56. The molecule has 6 N–H and O–H groups in total. The molecule has 5 unspecified atom stereocenters. The molecule has 0 spiro atoms. The van der Waals surface area contributed by atoms with Gasteiger partial charge < -0.3 is 34.5 Å². The summed E-state index contributed by atoms with van der Waals surface area (Å²) in [5, 5.41) is 25.2. The highest BCUT2D eigenvalue weighted by atomic mass is 31.2. The summed E-state index contributed by atoms with van der Waals surface area (Å²) in [6, 6.07) is 8.22. The number of halogens is 1. The van der Waals surface area contributed by atoms with Crippen molar-refractivity contribution in [3.8, 4) is 17.6 Å². The Balaban J connectivity index is 1.63. The Morgan fingerprint density at radius 1 is 1.33 bits per heavy atom. The van der Waals surface area contributed by atoms with E-state index in [-0.39, 0.29) is 22.7 Å². The van der Waals surface area contributed by atoms with E-state index in [1.807, 2.05) is 0 Å². The van der Waals surface area contributed by atoms with Crippen LogP contribution >= 0.6 is 7.75 Å². The average Bonchev–Trinajstić information content (AvgIpc) is 3.45. The lowest BCUT2D eigenvalue weighted by Gasteiger charge is -2.27. The number of carbonyl (C=O) groups is 1. The van der Waals surface area contributed by atoms with Gasteiger partial charge in [0.2, 0.25) is 5.95 Å². The van der Waals surface area contributed by atoms with E-state index in [0.29, 0.717) is 0 Å². The molecule has 1 aromatic carbocycles. The van der Waals surface area contributed by atoms with Crippen LogP contribution in [0.25, 0.3) is 11.0 Å². The monoisotopic (exact) mass is 607 g/mol. The molecule has 0 saturated carbocycles. The van der Waals surface area contributed by atoms with Crippen LogP contribution in [-0.2, 0) is 23.4 Å². The second-order valence-corrected chi connectivity index (χ2v) is 11.4. The minimum Gasteiger partial charge on any atom is -0.462 e. The number of nitrogens with two attached hydrogens (primary N) is 1. The first kappa shape index (κ1) is 31.2. The third-order valence-electron chi connectivity index (χ3n) is 6.13. The average molecular weight is 608 g/mol. The quantitative estimate of drug-likeness (QED) is 0.126. The zero-order chi connectivity index (χ0) is 30.7. The number of nitrogens with zero attached hydrogens (tertiary/aromatic N) is 2. The molecule has 16 heteroatoms. The van der Waals surface area contributed by atoms with Crippen LogP contribution in [0.4, 0.5) is 10.3 Å². The van der Waals surface area contributed by atoms with Crippen molar-refractivity contribution in [2.75, 3.05) is 19.0 Å². The molecule has 0 aliphatic carbocycles. The SMILES string of the molecule is CC(C)OC(=O)C(C)NP(=O)(OCC1OC(n2ccc3c(=O)[nH]c(N)nc32)[C@@](O)(C#CCF)C1O)Oc1ccccc1. The molecule has 1 saturated heterocycles. The maximum absolute atomic E-state index is 13.8. The van der Waals surface area contributed by atoms with Gasteiger partial charge in [0.05, 0.1) is 18.1 Å². The minimum absolute atomic E-state index is 0.00673. The third-order valence-corrected chi connectivity index (χ3v) is 7.77. The molecule has 0 bridgehead atoms. The minimum atomic E-state index is -4.37. The molecule has 6 atom stereocenters. The molecule has 1 aliphatic heterocycles. The number of aromatic nitrogens is 3. The van der Waals surface area contributed by atoms with E-state index in [1.165, 1.54) is 35.9 Å². The van der Waals surface area contributed by atoms with Gasteiger partial charge in [-0.2, -0.15) is 10.1 Å². The highest BCUT2D eigenvalue weighted by molar-refractivity contribution is 7.52. The van der Waals surface area contributed by atoms with Gasteiger partial charge >= 0.3 is 13.7 Å². The number of H-pyrrole nitrogens is 1. The lowest BCUT2D eigenvalue weighted by molar-refractivity contribution is -0.149. The van der Waals surface area contributed by atoms with Crippen LogP contribution in [0.5, 0.6) is 5.75 Å². The number of alkyl halides is 1. The van der Waals surface area contributed by atoms with E-state index in [0.717, 1.165) is 0 Å². The molecule has 1 fully saturated rings. The number of para-hydroxylation sites is 1. The predicted molar refractivity (Wildman–Crippen MR) is 148 cm³/mol. The van der Waals surface area contributed by atoms with Gasteiger partial charge in [-0.25, -0.2) is 8.96 Å². The molecule has 42 heavy (non-hydrogen) atoms. The predicted octanol–water partition coefficient (Wildman–Crippen LogP) is 1.40. The number of hydrogen-bond acceptors (Lipinski definition) is 11. The number of hydrogen-bond donors (Lipinski definition) is 5. The van der Waals surface area contributed by atoms with Crippen LogP contribution in [0, 0.1) is 11.8 Å². The van der Waals surface area contributed by atoms with Crippen LogP contribution in [0.1, 0.15) is 27.0 Å². The molecular formula is C26H31FN5O9P. The summed E-state index contributed by atoms with van der Waals surface area (Å²) < 4.78 is 50.3. The topological polar surface area (TPSA) is 200 Å². The van der Waals surface area contributed by atoms with Crippen LogP contribution in [-0.4, -0.2) is 74.0 Å². The van der Waals surface area contributed by atoms with Crippen molar-refractivity contribution in [1.82, 2.24) is 19.6 Å². The molecular weight excluding hydrogens is 576 g/mol. The molecule has 14 nitrogen and oxygen atoms in total. The van der Waals surface area contributed by atoms with Crippen molar-refractivity contribution in [2.45, 2.75) is 57.0 Å². The normalized spacial score (nSPS) is 24.1. The number of benzene rings is 1. The number of anilines is 1. The summed E-state index contributed by atoms with van der Waals surface area (Å²) in [5.74, 6) is 3.56. The Morgan fingerprint density at radius 2 is 2.05 bits per heavy atom.